The summed E-state index contributed by atoms with van der Waals surface area (Å²) in [7, 11) is 0. The SMILES string of the molecule is NOP(=O)(S)[O][Mo]. The first kappa shape index (κ1) is 8.15. The van der Waals surface area contributed by atoms with Crippen molar-refractivity contribution in [2.75, 3.05) is 0 Å². The average molecular weight is 224 g/mol. The number of rotatable bonds is 2. The van der Waals surface area contributed by atoms with Crippen LogP contribution in [-0.2, 0) is 32.6 Å². The topological polar surface area (TPSA) is 61.5 Å². The van der Waals surface area contributed by atoms with E-state index in [1.54, 1.807) is 0 Å². The Hall–Kier alpha value is 1.15. The van der Waals surface area contributed by atoms with Gasteiger partial charge in [-0.25, -0.2) is 0 Å². The van der Waals surface area contributed by atoms with Crippen LogP contribution in [0.5, 0.6) is 0 Å². The Balaban J connectivity index is 3.61. The minimum atomic E-state index is -3.18. The van der Waals surface area contributed by atoms with E-state index in [4.69, 9.17) is 0 Å². The van der Waals surface area contributed by atoms with Gasteiger partial charge in [0.15, 0.2) is 0 Å². The zero-order chi connectivity index (χ0) is 5.91. The molecular formula is H3MoNO3PS. The molecule has 7 heteroatoms. The van der Waals surface area contributed by atoms with Gasteiger partial charge in [0.25, 0.3) is 0 Å². The third-order valence-electron chi connectivity index (χ3n) is 0.227. The summed E-state index contributed by atoms with van der Waals surface area (Å²) in [6.45, 7) is -3.18. The molecule has 43 valence electrons. The van der Waals surface area contributed by atoms with E-state index in [1.165, 1.54) is 0 Å². The van der Waals surface area contributed by atoms with Crippen molar-refractivity contribution in [1.29, 1.82) is 0 Å². The van der Waals surface area contributed by atoms with Crippen LogP contribution >= 0.6 is 19.0 Å². The first-order valence-electron chi connectivity index (χ1n) is 1.15. The summed E-state index contributed by atoms with van der Waals surface area (Å²) in [4.78, 5) is 0. The molecule has 0 aromatic rings. The van der Waals surface area contributed by atoms with Crippen molar-refractivity contribution in [3.63, 3.8) is 0 Å². The monoisotopic (exact) mass is 226 g/mol. The van der Waals surface area contributed by atoms with Gasteiger partial charge in [-0.2, -0.15) is 0 Å². The maximum absolute atomic E-state index is 10.2. The molecule has 0 radical (unpaired) electrons. The van der Waals surface area contributed by atoms with E-state index >= 15 is 0 Å². The predicted molar refractivity (Wildman–Crippen MR) is 22.9 cm³/mol. The van der Waals surface area contributed by atoms with E-state index in [-0.39, 0.29) is 0 Å². The molecule has 0 spiro atoms. The molecule has 0 saturated carbocycles. The Bertz CT molecular complexity index is 86.9. The van der Waals surface area contributed by atoms with Crippen LogP contribution in [0.1, 0.15) is 0 Å². The van der Waals surface area contributed by atoms with E-state index in [2.05, 4.69) is 25.9 Å². The predicted octanol–water partition coefficient (Wildman–Crippen LogP) is 0.393. The normalized spacial score (nSPS) is 18.6. The fraction of sp³-hybridized carbons (Fsp3) is 0. The third-order valence-corrected chi connectivity index (χ3v) is 3.54. The molecule has 1 atom stereocenters. The molecule has 7 heavy (non-hydrogen) atoms. The Morgan fingerprint density at radius 1 is 1.86 bits per heavy atom. The second-order valence-electron chi connectivity index (χ2n) is 0.649. The molecule has 0 aromatic carbocycles. The number of hydrogen-bond acceptors (Lipinski definition) is 4. The average Bonchev–Trinajstić information content (AvgIpc) is 1.68. The van der Waals surface area contributed by atoms with Gasteiger partial charge in [0, 0.05) is 0 Å². The molecule has 0 fully saturated rings. The third kappa shape index (κ3) is 3.71. The van der Waals surface area contributed by atoms with Crippen LogP contribution in [0.2, 0.25) is 0 Å². The van der Waals surface area contributed by atoms with Gasteiger partial charge in [0.1, 0.15) is 0 Å². The van der Waals surface area contributed by atoms with E-state index in [9.17, 15) is 4.57 Å². The molecule has 0 aliphatic rings. The number of nitrogens with two attached hydrogens (primary N) is 1. The van der Waals surface area contributed by atoms with E-state index < -0.39 is 6.80 Å². The van der Waals surface area contributed by atoms with Gasteiger partial charge < -0.3 is 0 Å². The van der Waals surface area contributed by atoms with Crippen LogP contribution in [0, 0.1) is 0 Å². The molecule has 0 amide bonds. The van der Waals surface area contributed by atoms with Crippen molar-refractivity contribution in [2.45, 2.75) is 0 Å². The first-order chi connectivity index (χ1) is 3.12. The molecular weight excluding hydrogens is 221 g/mol. The minimum absolute atomic E-state index is 1.13. The number of thiol groups is 1. The van der Waals surface area contributed by atoms with E-state index in [0.717, 1.165) is 20.2 Å². The molecule has 1 unspecified atom stereocenters. The summed E-state index contributed by atoms with van der Waals surface area (Å²) in [5, 5.41) is 0. The van der Waals surface area contributed by atoms with Gasteiger partial charge in [-0.05, 0) is 0 Å². The zero-order valence-corrected chi connectivity index (χ0v) is 6.90. The van der Waals surface area contributed by atoms with Crippen LogP contribution < -0.4 is 5.90 Å². The van der Waals surface area contributed by atoms with Crippen LogP contribution in [0.25, 0.3) is 0 Å². The molecule has 0 saturated heterocycles. The molecule has 0 aliphatic carbocycles. The maximum atomic E-state index is 10.2. The summed E-state index contributed by atoms with van der Waals surface area (Å²) in [6.07, 6.45) is 0. The molecule has 4 nitrogen and oxygen atoms in total. The molecule has 0 aliphatic heterocycles. The Kier molecular flexibility index (Phi) is 3.76. The summed E-state index contributed by atoms with van der Waals surface area (Å²) in [5.74, 6) is 4.45. The fourth-order valence-corrected chi connectivity index (χ4v) is 0.312. The van der Waals surface area contributed by atoms with E-state index in [0.29, 0.717) is 0 Å². The van der Waals surface area contributed by atoms with Crippen molar-refractivity contribution in [1.82, 2.24) is 0 Å². The van der Waals surface area contributed by atoms with Crippen molar-refractivity contribution >= 4 is 19.0 Å². The Morgan fingerprint density at radius 2 is 2.29 bits per heavy atom. The summed E-state index contributed by atoms with van der Waals surface area (Å²) in [6, 6.07) is 0. The van der Waals surface area contributed by atoms with Crippen molar-refractivity contribution < 1.29 is 32.6 Å². The molecule has 0 rings (SSSR count). The van der Waals surface area contributed by atoms with Crippen molar-refractivity contribution in [2.24, 2.45) is 5.90 Å². The molecule has 0 heterocycles. The van der Waals surface area contributed by atoms with Crippen LogP contribution in [0.3, 0.4) is 0 Å². The number of hydrogen-bond donors (Lipinski definition) is 2. The van der Waals surface area contributed by atoms with Crippen LogP contribution in [0.15, 0.2) is 0 Å². The zero-order valence-electron chi connectivity index (χ0n) is 3.10. The van der Waals surface area contributed by atoms with Gasteiger partial charge in [-0.3, -0.25) is 0 Å². The van der Waals surface area contributed by atoms with Gasteiger partial charge >= 0.3 is 57.5 Å². The van der Waals surface area contributed by atoms with Crippen molar-refractivity contribution in [3.8, 4) is 0 Å². The van der Waals surface area contributed by atoms with Crippen molar-refractivity contribution in [3.05, 3.63) is 0 Å². The Morgan fingerprint density at radius 3 is 2.29 bits per heavy atom. The standard InChI is InChI=1S/Mo.H4NO3PS/c;1-4-5(2,3)6/h;1H2,(H2,2,3,6)/q+1;/p-1. The first-order valence-corrected chi connectivity index (χ1v) is 4.66. The van der Waals surface area contributed by atoms with Gasteiger partial charge in [-0.15, -0.1) is 0 Å². The molecule has 2 N–H and O–H groups in total. The second-order valence-corrected chi connectivity index (χ2v) is 4.51. The summed E-state index contributed by atoms with van der Waals surface area (Å²) < 4.78 is 18.2. The summed E-state index contributed by atoms with van der Waals surface area (Å²) in [5.41, 5.74) is 0. The molecule has 0 bridgehead atoms. The molecule has 0 aromatic heterocycles. The fourth-order valence-electron chi connectivity index (χ4n) is 0.0176. The van der Waals surface area contributed by atoms with Gasteiger partial charge in [0.2, 0.25) is 0 Å². The Labute approximate surface area is 57.7 Å². The van der Waals surface area contributed by atoms with Gasteiger partial charge in [0.05, 0.1) is 0 Å². The quantitative estimate of drug-likeness (QED) is 0.308. The van der Waals surface area contributed by atoms with E-state index in [1.807, 2.05) is 0 Å². The van der Waals surface area contributed by atoms with Crippen LogP contribution in [-0.4, -0.2) is 0 Å². The second kappa shape index (κ2) is 3.23. The van der Waals surface area contributed by atoms with Crippen LogP contribution in [0.4, 0.5) is 0 Å². The van der Waals surface area contributed by atoms with Gasteiger partial charge in [-0.1, -0.05) is 0 Å². The summed E-state index contributed by atoms with van der Waals surface area (Å²) >= 11 is 4.51.